The maximum Gasteiger partial charge on any atom is 0.255 e. The van der Waals surface area contributed by atoms with Gasteiger partial charge in [-0.3, -0.25) is 9.10 Å². The molecule has 2 aromatic carbocycles. The molecule has 2 aromatic rings. The number of sulfonamides is 1. The van der Waals surface area contributed by atoms with Crippen LogP contribution >= 0.6 is 23.2 Å². The Labute approximate surface area is 151 Å². The standard InChI is InChI=1S/C16H16Cl2N2O3S/c1-3-24(22,23)20(2)13-7-4-11(5-8-13)16(21)19-15-9-6-12(17)10-14(15)18/h4-10H,3H2,1-2H3,(H,19,21). The molecule has 5 nitrogen and oxygen atoms in total. The Kier molecular flexibility index (Phi) is 5.74. The van der Waals surface area contributed by atoms with E-state index >= 15 is 0 Å². The van der Waals surface area contributed by atoms with E-state index in [4.69, 9.17) is 23.2 Å². The average Bonchev–Trinajstić information content (AvgIpc) is 2.56. The molecule has 0 aromatic heterocycles. The second-order valence-electron chi connectivity index (χ2n) is 4.99. The highest BCUT2D eigenvalue weighted by Gasteiger charge is 2.16. The Bertz CT molecular complexity index is 852. The Morgan fingerprint density at radius 2 is 1.75 bits per heavy atom. The number of amides is 1. The topological polar surface area (TPSA) is 66.5 Å². The van der Waals surface area contributed by atoms with Gasteiger partial charge in [0.25, 0.3) is 5.91 Å². The minimum absolute atomic E-state index is 0.000797. The van der Waals surface area contributed by atoms with Crippen LogP contribution in [0.2, 0.25) is 10.0 Å². The number of hydrogen-bond acceptors (Lipinski definition) is 3. The van der Waals surface area contributed by atoms with E-state index in [-0.39, 0.29) is 11.7 Å². The quantitative estimate of drug-likeness (QED) is 0.842. The third-order valence-corrected chi connectivity index (χ3v) is 5.78. The Balaban J connectivity index is 2.17. The van der Waals surface area contributed by atoms with Crippen LogP contribution in [0.4, 0.5) is 11.4 Å². The number of benzene rings is 2. The maximum atomic E-state index is 12.3. The van der Waals surface area contributed by atoms with Crippen molar-refractivity contribution in [2.75, 3.05) is 22.4 Å². The van der Waals surface area contributed by atoms with Gasteiger partial charge in [-0.25, -0.2) is 8.42 Å². The fourth-order valence-electron chi connectivity index (χ4n) is 1.96. The number of carbonyl (C=O) groups is 1. The third-order valence-electron chi connectivity index (χ3n) is 3.45. The number of nitrogens with one attached hydrogen (secondary N) is 1. The highest BCUT2D eigenvalue weighted by atomic mass is 35.5. The van der Waals surface area contributed by atoms with Crippen molar-refractivity contribution in [3.63, 3.8) is 0 Å². The minimum atomic E-state index is -3.34. The number of nitrogens with zero attached hydrogens (tertiary/aromatic N) is 1. The molecule has 24 heavy (non-hydrogen) atoms. The summed E-state index contributed by atoms with van der Waals surface area (Å²) < 4.78 is 24.9. The van der Waals surface area contributed by atoms with Crippen LogP contribution in [0.3, 0.4) is 0 Å². The van der Waals surface area contributed by atoms with Gasteiger partial charge in [0.15, 0.2) is 0 Å². The molecule has 0 bridgehead atoms. The molecule has 1 N–H and O–H groups in total. The van der Waals surface area contributed by atoms with E-state index in [1.807, 2.05) is 0 Å². The van der Waals surface area contributed by atoms with Crippen LogP contribution in [0.25, 0.3) is 0 Å². The van der Waals surface area contributed by atoms with E-state index in [9.17, 15) is 13.2 Å². The predicted octanol–water partition coefficient (Wildman–Crippen LogP) is 4.03. The summed E-state index contributed by atoms with van der Waals surface area (Å²) in [6.45, 7) is 1.57. The van der Waals surface area contributed by atoms with E-state index in [1.165, 1.54) is 17.4 Å². The van der Waals surface area contributed by atoms with Gasteiger partial charge < -0.3 is 5.32 Å². The number of hydrogen-bond donors (Lipinski definition) is 1. The average molecular weight is 387 g/mol. The molecule has 0 unspecified atom stereocenters. The normalized spacial score (nSPS) is 11.2. The van der Waals surface area contributed by atoms with Crippen molar-refractivity contribution in [2.24, 2.45) is 0 Å². The first-order valence-electron chi connectivity index (χ1n) is 7.07. The molecule has 0 aliphatic carbocycles. The van der Waals surface area contributed by atoms with Crippen molar-refractivity contribution < 1.29 is 13.2 Å². The summed E-state index contributed by atoms with van der Waals surface area (Å²) in [7, 11) is -1.87. The SMILES string of the molecule is CCS(=O)(=O)N(C)c1ccc(C(=O)Nc2ccc(Cl)cc2Cl)cc1. The Morgan fingerprint density at radius 1 is 1.12 bits per heavy atom. The lowest BCUT2D eigenvalue weighted by atomic mass is 10.2. The van der Waals surface area contributed by atoms with Crippen molar-refractivity contribution in [1.29, 1.82) is 0 Å². The molecule has 0 fully saturated rings. The summed E-state index contributed by atoms with van der Waals surface area (Å²) in [4.78, 5) is 12.3. The summed E-state index contributed by atoms with van der Waals surface area (Å²) in [6.07, 6.45) is 0. The molecular weight excluding hydrogens is 371 g/mol. The molecule has 0 aliphatic rings. The smallest absolute Gasteiger partial charge is 0.255 e. The molecule has 0 radical (unpaired) electrons. The second kappa shape index (κ2) is 7.42. The fraction of sp³-hybridized carbons (Fsp3) is 0.188. The molecule has 128 valence electrons. The summed E-state index contributed by atoms with van der Waals surface area (Å²) >= 11 is 11.8. The fourth-order valence-corrected chi connectivity index (χ4v) is 3.25. The van der Waals surface area contributed by atoms with Crippen LogP contribution in [0.5, 0.6) is 0 Å². The van der Waals surface area contributed by atoms with Crippen LogP contribution in [0.15, 0.2) is 42.5 Å². The molecule has 8 heteroatoms. The molecule has 0 atom stereocenters. The minimum Gasteiger partial charge on any atom is -0.321 e. The third kappa shape index (κ3) is 4.20. The number of halogens is 2. The predicted molar refractivity (Wildman–Crippen MR) is 98.7 cm³/mol. The molecular formula is C16H16Cl2N2O3S. The van der Waals surface area contributed by atoms with Gasteiger partial charge in [0.2, 0.25) is 10.0 Å². The molecule has 0 aliphatic heterocycles. The molecule has 0 spiro atoms. The molecule has 0 heterocycles. The van der Waals surface area contributed by atoms with Crippen LogP contribution < -0.4 is 9.62 Å². The Morgan fingerprint density at radius 3 is 2.29 bits per heavy atom. The zero-order chi connectivity index (χ0) is 17.9. The number of carbonyl (C=O) groups excluding carboxylic acids is 1. The molecule has 0 saturated heterocycles. The monoisotopic (exact) mass is 386 g/mol. The lowest BCUT2D eigenvalue weighted by Crippen LogP contribution is -2.28. The summed E-state index contributed by atoms with van der Waals surface area (Å²) in [6, 6.07) is 11.0. The van der Waals surface area contributed by atoms with Crippen molar-refractivity contribution in [1.82, 2.24) is 0 Å². The summed E-state index contributed by atoms with van der Waals surface area (Å²) in [5.41, 5.74) is 1.31. The highest BCUT2D eigenvalue weighted by molar-refractivity contribution is 7.92. The molecule has 0 saturated carbocycles. The highest BCUT2D eigenvalue weighted by Crippen LogP contribution is 2.26. The van der Waals surface area contributed by atoms with Gasteiger partial charge in [-0.15, -0.1) is 0 Å². The zero-order valence-corrected chi connectivity index (χ0v) is 15.4. The van der Waals surface area contributed by atoms with Crippen LogP contribution in [0, 0.1) is 0 Å². The van der Waals surface area contributed by atoms with E-state index in [0.29, 0.717) is 27.0 Å². The first-order chi connectivity index (χ1) is 11.2. The lowest BCUT2D eigenvalue weighted by Gasteiger charge is -2.18. The van der Waals surface area contributed by atoms with Gasteiger partial charge in [0, 0.05) is 17.6 Å². The van der Waals surface area contributed by atoms with Crippen LogP contribution in [-0.4, -0.2) is 27.1 Å². The van der Waals surface area contributed by atoms with Gasteiger partial charge >= 0.3 is 0 Å². The second-order valence-corrected chi connectivity index (χ2v) is 8.13. The van der Waals surface area contributed by atoms with Crippen LogP contribution in [0.1, 0.15) is 17.3 Å². The van der Waals surface area contributed by atoms with Gasteiger partial charge in [-0.2, -0.15) is 0 Å². The van der Waals surface area contributed by atoms with Crippen molar-refractivity contribution in [3.05, 3.63) is 58.1 Å². The molecule has 1 amide bonds. The van der Waals surface area contributed by atoms with E-state index in [1.54, 1.807) is 43.3 Å². The Hall–Kier alpha value is -1.76. The zero-order valence-electron chi connectivity index (χ0n) is 13.1. The number of rotatable bonds is 5. The lowest BCUT2D eigenvalue weighted by molar-refractivity contribution is 0.102. The van der Waals surface area contributed by atoms with E-state index < -0.39 is 10.0 Å². The van der Waals surface area contributed by atoms with E-state index in [2.05, 4.69) is 5.32 Å². The van der Waals surface area contributed by atoms with E-state index in [0.717, 1.165) is 0 Å². The van der Waals surface area contributed by atoms with Gasteiger partial charge in [-0.05, 0) is 49.4 Å². The largest absolute Gasteiger partial charge is 0.321 e. The molecule has 2 rings (SSSR count). The van der Waals surface area contributed by atoms with Gasteiger partial charge in [0.1, 0.15) is 0 Å². The van der Waals surface area contributed by atoms with Crippen molar-refractivity contribution in [3.8, 4) is 0 Å². The maximum absolute atomic E-state index is 12.3. The van der Waals surface area contributed by atoms with Crippen LogP contribution in [-0.2, 0) is 10.0 Å². The number of anilines is 2. The van der Waals surface area contributed by atoms with Gasteiger partial charge in [-0.1, -0.05) is 23.2 Å². The first kappa shape index (κ1) is 18.6. The van der Waals surface area contributed by atoms with Gasteiger partial charge in [0.05, 0.1) is 22.2 Å². The van der Waals surface area contributed by atoms with Crippen molar-refractivity contribution >= 4 is 50.5 Å². The summed E-state index contributed by atoms with van der Waals surface area (Å²) in [5, 5.41) is 3.49. The first-order valence-corrected chi connectivity index (χ1v) is 9.44. The van der Waals surface area contributed by atoms with Crippen molar-refractivity contribution in [2.45, 2.75) is 6.92 Å². The summed E-state index contributed by atoms with van der Waals surface area (Å²) in [5.74, 6) is -0.354.